The summed E-state index contributed by atoms with van der Waals surface area (Å²) < 4.78 is 11.5. The topological polar surface area (TPSA) is 54.9 Å². The van der Waals surface area contributed by atoms with Crippen LogP contribution < -0.4 is 20.2 Å². The second-order valence-corrected chi connectivity index (χ2v) is 6.36. The zero-order chi connectivity index (χ0) is 18.9. The van der Waals surface area contributed by atoms with Crippen molar-refractivity contribution in [2.24, 2.45) is 5.10 Å². The van der Waals surface area contributed by atoms with Crippen molar-refractivity contribution < 1.29 is 9.47 Å². The van der Waals surface area contributed by atoms with Gasteiger partial charge in [0.25, 0.3) is 0 Å². The largest absolute Gasteiger partial charge is 0.490 e. The Bertz CT molecular complexity index is 800. The van der Waals surface area contributed by atoms with Gasteiger partial charge in [-0.25, -0.2) is 0 Å². The van der Waals surface area contributed by atoms with Crippen molar-refractivity contribution in [2.45, 2.75) is 13.5 Å². The number of nitrogens with zero attached hydrogens (tertiary/aromatic N) is 1. The molecule has 2 N–H and O–H groups in total. The summed E-state index contributed by atoms with van der Waals surface area (Å²) >= 11 is 17.1. The smallest absolute Gasteiger partial charge is 0.186 e. The number of thiocarbonyl (C=S) groups is 1. The third-order valence-corrected chi connectivity index (χ3v) is 4.16. The average Bonchev–Trinajstić information content (AvgIpc) is 2.62. The fourth-order valence-electron chi connectivity index (χ4n) is 2.01. The van der Waals surface area contributed by atoms with Gasteiger partial charge in [0.2, 0.25) is 0 Å². The molecule has 26 heavy (non-hydrogen) atoms. The van der Waals surface area contributed by atoms with Gasteiger partial charge >= 0.3 is 0 Å². The molecule has 0 atom stereocenters. The molecular weight excluding hydrogens is 393 g/mol. The fourth-order valence-corrected chi connectivity index (χ4v) is 2.52. The maximum atomic E-state index is 6.18. The zero-order valence-electron chi connectivity index (χ0n) is 14.4. The van der Waals surface area contributed by atoms with Crippen LogP contribution >= 0.6 is 35.4 Å². The summed E-state index contributed by atoms with van der Waals surface area (Å²) in [6.07, 6.45) is 1.64. The van der Waals surface area contributed by atoms with Gasteiger partial charge in [0.1, 0.15) is 6.61 Å². The second-order valence-electron chi connectivity index (χ2n) is 5.11. The molecule has 0 spiro atoms. The average molecular weight is 412 g/mol. The molecular formula is C18H19Cl2N3O2S. The fraction of sp³-hybridized carbons (Fsp3) is 0.222. The van der Waals surface area contributed by atoms with Gasteiger partial charge in [-0.1, -0.05) is 29.3 Å². The second kappa shape index (κ2) is 10.2. The molecule has 0 radical (unpaired) electrons. The number of hydrazone groups is 1. The Morgan fingerprint density at radius 3 is 2.65 bits per heavy atom. The van der Waals surface area contributed by atoms with Crippen LogP contribution in [-0.4, -0.2) is 25.0 Å². The number of ether oxygens (including phenoxy) is 2. The molecule has 5 nitrogen and oxygen atoms in total. The number of halogens is 2. The number of hydrogen-bond acceptors (Lipinski definition) is 4. The highest BCUT2D eigenvalue weighted by atomic mass is 35.5. The molecule has 0 aliphatic carbocycles. The normalized spacial score (nSPS) is 10.6. The third-order valence-electron chi connectivity index (χ3n) is 3.27. The molecule has 0 bridgehead atoms. The van der Waals surface area contributed by atoms with Gasteiger partial charge in [-0.05, 0) is 55.0 Å². The van der Waals surface area contributed by atoms with Gasteiger partial charge in [-0.2, -0.15) is 5.10 Å². The molecule has 2 rings (SSSR count). The van der Waals surface area contributed by atoms with Crippen LogP contribution in [0.5, 0.6) is 11.5 Å². The summed E-state index contributed by atoms with van der Waals surface area (Å²) in [6.45, 7) is 2.73. The minimum absolute atomic E-state index is 0.307. The van der Waals surface area contributed by atoms with E-state index in [9.17, 15) is 0 Å². The lowest BCUT2D eigenvalue weighted by molar-refractivity contribution is 0.269. The van der Waals surface area contributed by atoms with E-state index in [1.54, 1.807) is 25.4 Å². The Hall–Kier alpha value is -2.02. The van der Waals surface area contributed by atoms with E-state index in [-0.39, 0.29) is 0 Å². The lowest BCUT2D eigenvalue weighted by Gasteiger charge is -2.13. The Labute approximate surface area is 168 Å². The molecule has 0 unspecified atom stereocenters. The first kappa shape index (κ1) is 20.3. The van der Waals surface area contributed by atoms with Gasteiger partial charge < -0.3 is 14.8 Å². The summed E-state index contributed by atoms with van der Waals surface area (Å²) in [7, 11) is 1.72. The van der Waals surface area contributed by atoms with E-state index in [1.807, 2.05) is 31.2 Å². The number of hydrogen-bond donors (Lipinski definition) is 2. The van der Waals surface area contributed by atoms with Crippen LogP contribution in [-0.2, 0) is 6.61 Å². The molecule has 0 amide bonds. The summed E-state index contributed by atoms with van der Waals surface area (Å²) in [5.74, 6) is 1.24. The summed E-state index contributed by atoms with van der Waals surface area (Å²) in [4.78, 5) is 0. The monoisotopic (exact) mass is 411 g/mol. The van der Waals surface area contributed by atoms with Gasteiger partial charge in [-0.3, -0.25) is 5.43 Å². The molecule has 0 aliphatic heterocycles. The van der Waals surface area contributed by atoms with Crippen molar-refractivity contribution >= 4 is 46.7 Å². The van der Waals surface area contributed by atoms with Gasteiger partial charge in [0, 0.05) is 22.7 Å². The molecule has 2 aromatic rings. The lowest BCUT2D eigenvalue weighted by atomic mass is 10.2. The van der Waals surface area contributed by atoms with Crippen LogP contribution in [0, 0.1) is 0 Å². The highest BCUT2D eigenvalue weighted by Gasteiger charge is 2.08. The van der Waals surface area contributed by atoms with Gasteiger partial charge in [0.05, 0.1) is 12.8 Å². The van der Waals surface area contributed by atoms with E-state index in [4.69, 9.17) is 44.9 Å². The standard InChI is InChI=1S/C18H19Cl2N3O2S/c1-3-24-17-8-12(10-22-23-18(26)21-2)4-7-16(17)25-11-13-5-6-14(19)9-15(13)20/h4-10H,3,11H2,1-2H3,(H2,21,23,26)/b22-10+. The van der Waals surface area contributed by atoms with E-state index in [0.717, 1.165) is 11.1 Å². The van der Waals surface area contributed by atoms with Crippen LogP contribution in [0.4, 0.5) is 0 Å². The van der Waals surface area contributed by atoms with Crippen molar-refractivity contribution in [3.63, 3.8) is 0 Å². The van der Waals surface area contributed by atoms with Crippen molar-refractivity contribution in [1.29, 1.82) is 0 Å². The van der Waals surface area contributed by atoms with Crippen molar-refractivity contribution in [2.75, 3.05) is 13.7 Å². The van der Waals surface area contributed by atoms with Crippen LogP contribution in [0.2, 0.25) is 10.0 Å². The van der Waals surface area contributed by atoms with Crippen molar-refractivity contribution in [3.8, 4) is 11.5 Å². The SMILES string of the molecule is CCOc1cc(/C=N/NC(=S)NC)ccc1OCc1ccc(Cl)cc1Cl. The number of rotatable bonds is 7. The minimum atomic E-state index is 0.307. The third kappa shape index (κ3) is 6.05. The van der Waals surface area contributed by atoms with Crippen molar-refractivity contribution in [3.05, 3.63) is 57.6 Å². The molecule has 0 saturated heterocycles. The van der Waals surface area contributed by atoms with Gasteiger partial charge in [0.15, 0.2) is 16.6 Å². The first-order valence-electron chi connectivity index (χ1n) is 7.87. The lowest BCUT2D eigenvalue weighted by Crippen LogP contribution is -2.28. The van der Waals surface area contributed by atoms with Crippen LogP contribution in [0.1, 0.15) is 18.1 Å². The summed E-state index contributed by atoms with van der Waals surface area (Å²) in [5, 5.41) is 8.41. The van der Waals surface area contributed by atoms with Crippen LogP contribution in [0.3, 0.4) is 0 Å². The highest BCUT2D eigenvalue weighted by Crippen LogP contribution is 2.30. The summed E-state index contributed by atoms with van der Waals surface area (Å²) in [5.41, 5.74) is 4.38. The maximum Gasteiger partial charge on any atom is 0.186 e. The minimum Gasteiger partial charge on any atom is -0.490 e. The predicted octanol–water partition coefficient (Wildman–Crippen LogP) is 4.40. The van der Waals surface area contributed by atoms with Crippen LogP contribution in [0.15, 0.2) is 41.5 Å². The number of benzene rings is 2. The summed E-state index contributed by atoms with van der Waals surface area (Å²) in [6, 6.07) is 10.8. The highest BCUT2D eigenvalue weighted by molar-refractivity contribution is 7.80. The first-order valence-corrected chi connectivity index (χ1v) is 9.04. The zero-order valence-corrected chi connectivity index (χ0v) is 16.7. The molecule has 0 fully saturated rings. The Balaban J connectivity index is 2.11. The molecule has 0 saturated carbocycles. The predicted molar refractivity (Wildman–Crippen MR) is 111 cm³/mol. The van der Waals surface area contributed by atoms with E-state index in [0.29, 0.717) is 39.9 Å². The molecule has 2 aromatic carbocycles. The molecule has 0 heterocycles. The van der Waals surface area contributed by atoms with E-state index < -0.39 is 0 Å². The Morgan fingerprint density at radius 2 is 1.96 bits per heavy atom. The molecule has 0 aromatic heterocycles. The van der Waals surface area contributed by atoms with E-state index >= 15 is 0 Å². The first-order chi connectivity index (χ1) is 12.5. The van der Waals surface area contributed by atoms with Gasteiger partial charge in [-0.15, -0.1) is 0 Å². The Kier molecular flexibility index (Phi) is 7.97. The van der Waals surface area contributed by atoms with E-state index in [2.05, 4.69) is 15.8 Å². The molecule has 0 aliphatic rings. The molecule has 8 heteroatoms. The van der Waals surface area contributed by atoms with Crippen molar-refractivity contribution in [1.82, 2.24) is 10.7 Å². The Morgan fingerprint density at radius 1 is 1.15 bits per heavy atom. The quantitative estimate of drug-likeness (QED) is 0.401. The number of nitrogens with one attached hydrogen (secondary N) is 2. The maximum absolute atomic E-state index is 6.18. The molecule has 138 valence electrons. The van der Waals surface area contributed by atoms with E-state index in [1.165, 1.54) is 0 Å². The van der Waals surface area contributed by atoms with Crippen LogP contribution in [0.25, 0.3) is 0 Å².